The third-order valence-electron chi connectivity index (χ3n) is 16.5. The van der Waals surface area contributed by atoms with Crippen LogP contribution >= 0.6 is 0 Å². The molecule has 8 aromatic rings. The zero-order valence-electron chi connectivity index (χ0n) is 49.4. The van der Waals surface area contributed by atoms with Gasteiger partial charge in [-0.1, -0.05) is 226 Å². The number of fused-ring (bicyclic) bond motifs is 8. The first kappa shape index (κ1) is 60.2. The van der Waals surface area contributed by atoms with E-state index in [0.29, 0.717) is 45.3 Å². The fraction of sp³-hybridized carbons (Fsp3) is 0.316. The highest BCUT2D eigenvalue weighted by Crippen LogP contribution is 2.49. The highest BCUT2D eigenvalue weighted by atomic mass is 16.6. The first-order valence-electron chi connectivity index (χ1n) is 30.8. The molecule has 4 atom stereocenters. The third kappa shape index (κ3) is 15.2. The minimum absolute atomic E-state index is 0.284. The van der Waals surface area contributed by atoms with Crippen molar-refractivity contribution in [3.8, 4) is 23.0 Å². The lowest BCUT2D eigenvalue weighted by Gasteiger charge is -2.30. The number of carbonyl (C=O) groups is 4. The number of carbonyl (C=O) groups excluding carboxylic acids is 4. The molecule has 0 aliphatic heterocycles. The van der Waals surface area contributed by atoms with Crippen molar-refractivity contribution in [1.82, 2.24) is 0 Å². The smallest absolute Gasteiger partial charge is 0.343 e. The number of esters is 4. The van der Waals surface area contributed by atoms with E-state index in [-0.39, 0.29) is 23.7 Å². The molecule has 1 aliphatic carbocycles. The molecule has 0 fully saturated rings. The molecule has 9 rings (SSSR count). The van der Waals surface area contributed by atoms with Crippen molar-refractivity contribution in [3.63, 3.8) is 0 Å². The molecular formula is C76H80O8. The molecule has 0 amide bonds. The summed E-state index contributed by atoms with van der Waals surface area (Å²) in [4.78, 5) is 58.0. The fourth-order valence-electron chi connectivity index (χ4n) is 12.0. The number of ether oxygens (including phenoxy) is 4. The Labute approximate surface area is 497 Å². The summed E-state index contributed by atoms with van der Waals surface area (Å²) in [6.45, 7) is 8.81. The first-order valence-corrected chi connectivity index (χ1v) is 30.8. The van der Waals surface area contributed by atoms with Gasteiger partial charge in [-0.05, 0) is 109 Å². The van der Waals surface area contributed by atoms with E-state index in [9.17, 15) is 19.2 Å². The van der Waals surface area contributed by atoms with E-state index in [1.54, 1.807) is 60.7 Å². The molecule has 0 radical (unpaired) electrons. The molecule has 8 heteroatoms. The zero-order chi connectivity index (χ0) is 58.6. The van der Waals surface area contributed by atoms with Crippen LogP contribution in [0, 0.1) is 0 Å². The van der Waals surface area contributed by atoms with Gasteiger partial charge in [-0.3, -0.25) is 0 Å². The number of rotatable bonds is 24. The quantitative estimate of drug-likeness (QED) is 0.0335. The number of unbranched alkanes of at least 4 members (excludes halogenated alkanes) is 8. The second-order valence-corrected chi connectivity index (χ2v) is 22.4. The highest BCUT2D eigenvalue weighted by molar-refractivity contribution is 5.94. The van der Waals surface area contributed by atoms with Gasteiger partial charge < -0.3 is 18.9 Å². The second-order valence-electron chi connectivity index (χ2n) is 22.4. The normalized spacial score (nSPS) is 15.4. The molecule has 0 N–H and O–H groups in total. The zero-order valence-corrected chi connectivity index (χ0v) is 49.4. The summed E-state index contributed by atoms with van der Waals surface area (Å²) in [5, 5.41) is 0. The van der Waals surface area contributed by atoms with Crippen LogP contribution in [-0.2, 0) is 0 Å². The van der Waals surface area contributed by atoms with Crippen molar-refractivity contribution < 1.29 is 38.1 Å². The van der Waals surface area contributed by atoms with E-state index >= 15 is 0 Å². The van der Waals surface area contributed by atoms with E-state index in [4.69, 9.17) is 18.9 Å². The molecule has 0 saturated carbocycles. The predicted octanol–water partition coefficient (Wildman–Crippen LogP) is 19.7. The molecule has 8 aromatic carbocycles. The summed E-state index contributed by atoms with van der Waals surface area (Å²) >= 11 is 0. The standard InChI is InChI=1S/C76H80O8/c1-5-9-17-43-61-57-39-29-40-58(47-57)62(44-18-10-6-2)67-50-68(72(84-76(80)56-37-27-16-28-38-56)52-71(67)83-75(79)55-35-25-15-26-36-55)64(46-20-12-8-4)60-42-30-41-59(48-60)63(45-19-11-7-3)66-49-65(61)69(81-73(77)53-31-21-13-22-32-53)51-70(66)82-74(78)54-33-23-14-24-34-54/h13-16,21-42,47-52,61-64H,5-12,17-20,43-46H2,1-4H3. The van der Waals surface area contributed by atoms with Gasteiger partial charge in [-0.25, -0.2) is 19.2 Å². The van der Waals surface area contributed by atoms with Gasteiger partial charge in [0.2, 0.25) is 0 Å². The van der Waals surface area contributed by atoms with Crippen LogP contribution in [0.15, 0.2) is 194 Å². The maximum atomic E-state index is 14.5. The van der Waals surface area contributed by atoms with E-state index in [2.05, 4.69) is 88.4 Å². The highest BCUT2D eigenvalue weighted by Gasteiger charge is 2.33. The van der Waals surface area contributed by atoms with E-state index < -0.39 is 23.9 Å². The topological polar surface area (TPSA) is 105 Å². The van der Waals surface area contributed by atoms with Crippen molar-refractivity contribution >= 4 is 23.9 Å². The minimum Gasteiger partial charge on any atom is -0.422 e. The Morgan fingerprint density at radius 1 is 0.274 bits per heavy atom. The Kier molecular flexibility index (Phi) is 21.7. The van der Waals surface area contributed by atoms with Crippen molar-refractivity contribution in [1.29, 1.82) is 0 Å². The molecule has 0 spiro atoms. The lowest BCUT2D eigenvalue weighted by atomic mass is 9.77. The van der Waals surface area contributed by atoms with Gasteiger partial charge in [0.1, 0.15) is 23.0 Å². The van der Waals surface area contributed by atoms with Crippen molar-refractivity contribution in [3.05, 3.63) is 261 Å². The van der Waals surface area contributed by atoms with Crippen molar-refractivity contribution in [2.45, 2.75) is 154 Å². The molecule has 0 saturated heterocycles. The van der Waals surface area contributed by atoms with Gasteiger partial charge in [0.25, 0.3) is 0 Å². The van der Waals surface area contributed by atoms with Crippen LogP contribution in [0.3, 0.4) is 0 Å². The Balaban J connectivity index is 1.37. The van der Waals surface area contributed by atoms with Crippen LogP contribution in [0.4, 0.5) is 0 Å². The Hall–Kier alpha value is -8.36. The van der Waals surface area contributed by atoms with Gasteiger partial charge in [-0.2, -0.15) is 0 Å². The summed E-state index contributed by atoms with van der Waals surface area (Å²) in [5.74, 6) is -1.90. The summed E-state index contributed by atoms with van der Waals surface area (Å²) < 4.78 is 26.6. The monoisotopic (exact) mass is 1120 g/mol. The molecule has 432 valence electrons. The van der Waals surface area contributed by atoms with Crippen LogP contribution in [-0.4, -0.2) is 23.9 Å². The van der Waals surface area contributed by atoms with Gasteiger partial charge in [0.15, 0.2) is 0 Å². The molecular weight excluding hydrogens is 1040 g/mol. The fourth-order valence-corrected chi connectivity index (χ4v) is 12.0. The summed E-state index contributed by atoms with van der Waals surface area (Å²) in [5.41, 5.74) is 9.05. The van der Waals surface area contributed by atoms with Crippen LogP contribution in [0.1, 0.15) is 240 Å². The largest absolute Gasteiger partial charge is 0.422 e. The maximum Gasteiger partial charge on any atom is 0.343 e. The minimum atomic E-state index is -0.517. The average molecular weight is 1120 g/mol. The average Bonchev–Trinajstić information content (AvgIpc) is 2.74. The van der Waals surface area contributed by atoms with Crippen LogP contribution in [0.25, 0.3) is 0 Å². The van der Waals surface area contributed by atoms with Crippen molar-refractivity contribution in [2.75, 3.05) is 0 Å². The summed E-state index contributed by atoms with van der Waals surface area (Å²) in [7, 11) is 0. The van der Waals surface area contributed by atoms with Crippen LogP contribution < -0.4 is 18.9 Å². The molecule has 1 aliphatic rings. The van der Waals surface area contributed by atoms with Crippen LogP contribution in [0.2, 0.25) is 0 Å². The molecule has 8 bridgehead atoms. The van der Waals surface area contributed by atoms with Crippen molar-refractivity contribution in [2.24, 2.45) is 0 Å². The summed E-state index contributed by atoms with van der Waals surface area (Å²) in [6.07, 6.45) is 14.5. The van der Waals surface area contributed by atoms with Gasteiger partial charge >= 0.3 is 23.9 Å². The molecule has 4 unspecified atom stereocenters. The van der Waals surface area contributed by atoms with E-state index in [0.717, 1.165) is 147 Å². The molecule has 0 heterocycles. The lowest BCUT2D eigenvalue weighted by Crippen LogP contribution is -2.17. The van der Waals surface area contributed by atoms with Gasteiger partial charge in [-0.15, -0.1) is 0 Å². The first-order chi connectivity index (χ1) is 41.2. The number of hydrogen-bond acceptors (Lipinski definition) is 8. The molecule has 8 nitrogen and oxygen atoms in total. The van der Waals surface area contributed by atoms with E-state index in [1.807, 2.05) is 72.8 Å². The Morgan fingerprint density at radius 2 is 0.500 bits per heavy atom. The van der Waals surface area contributed by atoms with Gasteiger partial charge in [0, 0.05) is 58.1 Å². The predicted molar refractivity (Wildman–Crippen MR) is 335 cm³/mol. The second kappa shape index (κ2) is 30.3. The maximum absolute atomic E-state index is 14.5. The number of benzene rings is 8. The molecule has 84 heavy (non-hydrogen) atoms. The SMILES string of the molecule is CCCCCC1c2cccc(c2)C(CCCCC)c2cc(c(OC(=O)c3ccccc3)cc2OC(=O)c2ccccc2)C(CCCCC)c2cccc(c2)C(CCCCC)c2cc1c(OC(=O)c1ccccc1)cc2OC(=O)c1ccccc1. The van der Waals surface area contributed by atoms with Crippen LogP contribution in [0.5, 0.6) is 23.0 Å². The lowest BCUT2D eigenvalue weighted by molar-refractivity contribution is 0.0711. The third-order valence-corrected chi connectivity index (χ3v) is 16.5. The Bertz CT molecular complexity index is 3000. The van der Waals surface area contributed by atoms with E-state index in [1.165, 1.54) is 0 Å². The van der Waals surface area contributed by atoms with Gasteiger partial charge in [0.05, 0.1) is 22.3 Å². The molecule has 0 aromatic heterocycles. The Morgan fingerprint density at radius 3 is 0.714 bits per heavy atom. The number of hydrogen-bond donors (Lipinski definition) is 0. The summed E-state index contributed by atoms with van der Waals surface area (Å²) in [6, 6.07) is 61.6.